The molecule has 34 heavy (non-hydrogen) atoms. The smallest absolute Gasteiger partial charge is 0.323 e. The number of ether oxygens (including phenoxy) is 1. The third-order valence-corrected chi connectivity index (χ3v) is 6.93. The molecule has 6 nitrogen and oxygen atoms in total. The summed E-state index contributed by atoms with van der Waals surface area (Å²) < 4.78 is 5.29. The van der Waals surface area contributed by atoms with Crippen molar-refractivity contribution in [1.29, 1.82) is 0 Å². The van der Waals surface area contributed by atoms with Crippen molar-refractivity contribution in [3.63, 3.8) is 0 Å². The van der Waals surface area contributed by atoms with Gasteiger partial charge in [-0.3, -0.25) is 14.5 Å². The molecule has 6 heteroatoms. The fourth-order valence-electron chi connectivity index (χ4n) is 5.08. The van der Waals surface area contributed by atoms with Crippen LogP contribution in [0.4, 0.5) is 0 Å². The Morgan fingerprint density at radius 2 is 1.85 bits per heavy atom. The van der Waals surface area contributed by atoms with Gasteiger partial charge in [-0.25, -0.2) is 5.01 Å². The molecule has 0 saturated carbocycles. The van der Waals surface area contributed by atoms with Crippen molar-refractivity contribution in [2.24, 2.45) is 5.10 Å². The molecule has 0 aromatic heterocycles. The molecule has 4 rings (SSSR count). The topological polar surface area (TPSA) is 62.2 Å². The molecule has 2 aromatic rings. The molecule has 2 aliphatic heterocycles. The normalized spacial score (nSPS) is 20.8. The van der Waals surface area contributed by atoms with Gasteiger partial charge in [0.05, 0.1) is 24.9 Å². The van der Waals surface area contributed by atoms with E-state index in [1.165, 1.54) is 5.56 Å². The third kappa shape index (κ3) is 5.07. The Kier molecular flexibility index (Phi) is 7.47. The van der Waals surface area contributed by atoms with Crippen LogP contribution in [-0.4, -0.2) is 53.2 Å². The minimum absolute atomic E-state index is 0.0789. The van der Waals surface area contributed by atoms with Crippen LogP contribution in [0.5, 0.6) is 0 Å². The lowest BCUT2D eigenvalue weighted by molar-refractivity contribution is -0.152. The van der Waals surface area contributed by atoms with E-state index in [1.54, 1.807) is 5.01 Å². The highest BCUT2D eigenvalue weighted by molar-refractivity contribution is 6.04. The molecule has 2 heterocycles. The van der Waals surface area contributed by atoms with Gasteiger partial charge in [-0.1, -0.05) is 48.4 Å². The SMILES string of the molecule is CCOC(=O)[C@@H]1CCCCN1CC(=O)N1N=C(c2cc(C)ccc2C)C[C@H]1c1ccccc1C. The maximum absolute atomic E-state index is 13.7. The average molecular weight is 462 g/mol. The second-order valence-electron chi connectivity index (χ2n) is 9.41. The van der Waals surface area contributed by atoms with Crippen molar-refractivity contribution in [3.05, 3.63) is 70.3 Å². The molecule has 1 amide bonds. The average Bonchev–Trinajstić information content (AvgIpc) is 3.26. The first-order valence-electron chi connectivity index (χ1n) is 12.3. The second-order valence-corrected chi connectivity index (χ2v) is 9.41. The molecule has 2 aliphatic rings. The predicted molar refractivity (Wildman–Crippen MR) is 134 cm³/mol. The highest BCUT2D eigenvalue weighted by Crippen LogP contribution is 2.35. The van der Waals surface area contributed by atoms with Gasteiger partial charge in [-0.15, -0.1) is 0 Å². The van der Waals surface area contributed by atoms with Crippen LogP contribution >= 0.6 is 0 Å². The van der Waals surface area contributed by atoms with E-state index in [9.17, 15) is 9.59 Å². The van der Waals surface area contributed by atoms with Gasteiger partial charge in [-0.2, -0.15) is 5.10 Å². The molecule has 0 radical (unpaired) electrons. The lowest BCUT2D eigenvalue weighted by atomic mass is 9.93. The maximum Gasteiger partial charge on any atom is 0.323 e. The van der Waals surface area contributed by atoms with Crippen LogP contribution < -0.4 is 0 Å². The molecule has 1 saturated heterocycles. The number of esters is 1. The Balaban J connectivity index is 1.64. The first-order chi connectivity index (χ1) is 16.4. The molecule has 0 N–H and O–H groups in total. The number of hydrogen-bond donors (Lipinski definition) is 0. The number of carbonyl (C=O) groups is 2. The van der Waals surface area contributed by atoms with Crippen LogP contribution in [0.15, 0.2) is 47.6 Å². The Bertz CT molecular complexity index is 1090. The molecule has 2 aromatic carbocycles. The van der Waals surface area contributed by atoms with Crippen molar-refractivity contribution in [1.82, 2.24) is 9.91 Å². The number of hydrazone groups is 1. The largest absolute Gasteiger partial charge is 0.465 e. The molecule has 0 aliphatic carbocycles. The number of likely N-dealkylation sites (tertiary alicyclic amines) is 1. The van der Waals surface area contributed by atoms with Gasteiger partial charge in [0.25, 0.3) is 5.91 Å². The lowest BCUT2D eigenvalue weighted by Gasteiger charge is -2.34. The van der Waals surface area contributed by atoms with Gasteiger partial charge < -0.3 is 4.74 Å². The summed E-state index contributed by atoms with van der Waals surface area (Å²) in [5, 5.41) is 6.55. The Morgan fingerprint density at radius 3 is 2.62 bits per heavy atom. The molecule has 0 spiro atoms. The standard InChI is InChI=1S/C28H35N3O3/c1-5-34-28(33)25-12-8-9-15-30(25)18-27(32)31-26(22-11-7-6-10-20(22)3)17-24(29-31)23-16-19(2)13-14-21(23)4/h6-7,10-11,13-14,16,25-26H,5,8-9,12,15,17-18H2,1-4H3/t25-,26-/m0/s1. The van der Waals surface area contributed by atoms with E-state index >= 15 is 0 Å². The summed E-state index contributed by atoms with van der Waals surface area (Å²) in [6.45, 7) is 9.28. The van der Waals surface area contributed by atoms with E-state index < -0.39 is 0 Å². The molecule has 2 atom stereocenters. The first kappa shape index (κ1) is 24.1. The number of aryl methyl sites for hydroxylation is 3. The minimum Gasteiger partial charge on any atom is -0.465 e. The summed E-state index contributed by atoms with van der Waals surface area (Å²) in [4.78, 5) is 28.2. The van der Waals surface area contributed by atoms with Gasteiger partial charge >= 0.3 is 5.97 Å². The molecular weight excluding hydrogens is 426 g/mol. The minimum atomic E-state index is -0.361. The first-order valence-corrected chi connectivity index (χ1v) is 12.3. The van der Waals surface area contributed by atoms with E-state index in [0.29, 0.717) is 19.6 Å². The van der Waals surface area contributed by atoms with E-state index in [-0.39, 0.29) is 30.5 Å². The van der Waals surface area contributed by atoms with Crippen molar-refractivity contribution >= 4 is 17.6 Å². The van der Waals surface area contributed by atoms with Crippen molar-refractivity contribution < 1.29 is 14.3 Å². The van der Waals surface area contributed by atoms with Crippen LogP contribution in [0.1, 0.15) is 66.5 Å². The highest BCUT2D eigenvalue weighted by atomic mass is 16.5. The second kappa shape index (κ2) is 10.5. The van der Waals surface area contributed by atoms with Gasteiger partial charge in [0.2, 0.25) is 0 Å². The van der Waals surface area contributed by atoms with Crippen LogP contribution in [0.25, 0.3) is 0 Å². The fraction of sp³-hybridized carbons (Fsp3) is 0.464. The van der Waals surface area contributed by atoms with Crippen molar-refractivity contribution in [2.45, 2.75) is 65.5 Å². The molecule has 0 bridgehead atoms. The predicted octanol–water partition coefficient (Wildman–Crippen LogP) is 4.71. The van der Waals surface area contributed by atoms with Crippen LogP contribution in [0, 0.1) is 20.8 Å². The van der Waals surface area contributed by atoms with E-state index in [4.69, 9.17) is 9.84 Å². The monoisotopic (exact) mass is 461 g/mol. The zero-order chi connectivity index (χ0) is 24.2. The molecule has 180 valence electrons. The molecule has 0 unspecified atom stereocenters. The van der Waals surface area contributed by atoms with Crippen molar-refractivity contribution in [3.8, 4) is 0 Å². The maximum atomic E-state index is 13.7. The summed E-state index contributed by atoms with van der Waals surface area (Å²) in [7, 11) is 0. The van der Waals surface area contributed by atoms with Gasteiger partial charge in [-0.05, 0) is 69.8 Å². The van der Waals surface area contributed by atoms with E-state index in [1.807, 2.05) is 24.0 Å². The summed E-state index contributed by atoms with van der Waals surface area (Å²) in [5.74, 6) is -0.309. The summed E-state index contributed by atoms with van der Waals surface area (Å²) in [5.41, 5.74) is 6.61. The van der Waals surface area contributed by atoms with Crippen LogP contribution in [0.2, 0.25) is 0 Å². The number of amides is 1. The Hall–Kier alpha value is -2.99. The molecular formula is C28H35N3O3. The van der Waals surface area contributed by atoms with Crippen LogP contribution in [0.3, 0.4) is 0 Å². The quantitative estimate of drug-likeness (QED) is 0.585. The number of nitrogens with zero attached hydrogens (tertiary/aromatic N) is 3. The number of benzene rings is 2. The van der Waals surface area contributed by atoms with E-state index in [2.05, 4.69) is 51.1 Å². The summed E-state index contributed by atoms with van der Waals surface area (Å²) >= 11 is 0. The van der Waals surface area contributed by atoms with Gasteiger partial charge in [0.15, 0.2) is 0 Å². The van der Waals surface area contributed by atoms with E-state index in [0.717, 1.165) is 47.2 Å². The number of piperidine rings is 1. The summed E-state index contributed by atoms with van der Waals surface area (Å²) in [6, 6.07) is 14.0. The van der Waals surface area contributed by atoms with Gasteiger partial charge in [0.1, 0.15) is 6.04 Å². The lowest BCUT2D eigenvalue weighted by Crippen LogP contribution is -2.49. The van der Waals surface area contributed by atoms with Gasteiger partial charge in [0, 0.05) is 12.0 Å². The zero-order valence-corrected chi connectivity index (χ0v) is 20.7. The number of carbonyl (C=O) groups excluding carboxylic acids is 2. The number of hydrogen-bond acceptors (Lipinski definition) is 5. The van der Waals surface area contributed by atoms with Crippen molar-refractivity contribution in [2.75, 3.05) is 19.7 Å². The highest BCUT2D eigenvalue weighted by Gasteiger charge is 2.37. The summed E-state index contributed by atoms with van der Waals surface area (Å²) in [6.07, 6.45) is 3.34. The third-order valence-electron chi connectivity index (χ3n) is 6.93. The fourth-order valence-corrected chi connectivity index (χ4v) is 5.08. The zero-order valence-electron chi connectivity index (χ0n) is 20.7. The Morgan fingerprint density at radius 1 is 1.06 bits per heavy atom. The van der Waals surface area contributed by atoms with Crippen LogP contribution in [-0.2, 0) is 14.3 Å². The number of rotatable bonds is 6. The Labute approximate surface area is 202 Å². The molecule has 1 fully saturated rings.